The van der Waals surface area contributed by atoms with Gasteiger partial charge in [-0.05, 0) is 48.7 Å². The van der Waals surface area contributed by atoms with Crippen LogP contribution in [0.4, 0.5) is 0 Å². The number of hydrogen-bond acceptors (Lipinski definition) is 2. The molecule has 116 valence electrons. The van der Waals surface area contributed by atoms with Crippen LogP contribution < -0.4 is 10.1 Å². The van der Waals surface area contributed by atoms with Crippen molar-refractivity contribution < 1.29 is 4.74 Å². The number of thiocarbonyl (C=S) groups is 1. The highest BCUT2D eigenvalue weighted by Crippen LogP contribution is 2.13. The first kappa shape index (κ1) is 16.5. The van der Waals surface area contributed by atoms with Crippen molar-refractivity contribution in [3.8, 4) is 5.75 Å². The number of unbranched alkanes of at least 4 members (excludes halogenated alkanes) is 1. The van der Waals surface area contributed by atoms with Gasteiger partial charge in [-0.2, -0.15) is 0 Å². The molecule has 0 aliphatic rings. The maximum absolute atomic E-state index is 5.66. The second-order valence-corrected chi connectivity index (χ2v) is 5.74. The fraction of sp³-hybridized carbons (Fsp3) is 0.316. The zero-order valence-electron chi connectivity index (χ0n) is 13.3. The van der Waals surface area contributed by atoms with E-state index >= 15 is 0 Å². The Balaban J connectivity index is 1.88. The van der Waals surface area contributed by atoms with E-state index in [-0.39, 0.29) is 0 Å². The van der Waals surface area contributed by atoms with Gasteiger partial charge >= 0.3 is 0 Å². The third-order valence-corrected chi connectivity index (χ3v) is 3.96. The first-order valence-corrected chi connectivity index (χ1v) is 8.17. The molecule has 2 aromatic rings. The predicted octanol–water partition coefficient (Wildman–Crippen LogP) is 4.64. The Bertz CT molecular complexity index is 607. The van der Waals surface area contributed by atoms with Gasteiger partial charge in [-0.25, -0.2) is 0 Å². The van der Waals surface area contributed by atoms with Crippen molar-refractivity contribution in [2.24, 2.45) is 0 Å². The van der Waals surface area contributed by atoms with Crippen LogP contribution in [0.25, 0.3) is 0 Å². The quantitative estimate of drug-likeness (QED) is 0.594. The second-order valence-electron chi connectivity index (χ2n) is 5.34. The van der Waals surface area contributed by atoms with Gasteiger partial charge in [0.05, 0.1) is 6.61 Å². The SMILES string of the molecule is CCCCOc1ccc(C(=S)NCc2ccccc2C)cc1. The van der Waals surface area contributed by atoms with Gasteiger partial charge in [0.25, 0.3) is 0 Å². The smallest absolute Gasteiger partial charge is 0.119 e. The second kappa shape index (κ2) is 8.54. The molecule has 2 aromatic carbocycles. The molecule has 0 atom stereocenters. The Labute approximate surface area is 138 Å². The molecule has 22 heavy (non-hydrogen) atoms. The number of rotatable bonds is 7. The van der Waals surface area contributed by atoms with Crippen LogP contribution in [0.1, 0.15) is 36.5 Å². The lowest BCUT2D eigenvalue weighted by Gasteiger charge is -2.11. The van der Waals surface area contributed by atoms with Crippen molar-refractivity contribution in [1.29, 1.82) is 0 Å². The van der Waals surface area contributed by atoms with E-state index in [1.165, 1.54) is 11.1 Å². The lowest BCUT2D eigenvalue weighted by molar-refractivity contribution is 0.309. The average molecular weight is 313 g/mol. The van der Waals surface area contributed by atoms with Crippen LogP contribution in [0.3, 0.4) is 0 Å². The number of aryl methyl sites for hydroxylation is 1. The van der Waals surface area contributed by atoms with Crippen molar-refractivity contribution in [3.05, 3.63) is 65.2 Å². The first-order valence-electron chi connectivity index (χ1n) is 7.76. The van der Waals surface area contributed by atoms with Crippen molar-refractivity contribution in [2.75, 3.05) is 6.61 Å². The molecule has 0 heterocycles. The lowest BCUT2D eigenvalue weighted by Crippen LogP contribution is -2.22. The fourth-order valence-electron chi connectivity index (χ4n) is 2.12. The summed E-state index contributed by atoms with van der Waals surface area (Å²) in [5, 5.41) is 3.32. The Morgan fingerprint density at radius 1 is 1.09 bits per heavy atom. The van der Waals surface area contributed by atoms with Gasteiger partial charge in [-0.15, -0.1) is 0 Å². The van der Waals surface area contributed by atoms with Crippen molar-refractivity contribution >= 4 is 17.2 Å². The predicted molar refractivity (Wildman–Crippen MR) is 96.6 cm³/mol. The molecule has 3 heteroatoms. The highest BCUT2D eigenvalue weighted by atomic mass is 32.1. The highest BCUT2D eigenvalue weighted by Gasteiger charge is 2.03. The molecule has 0 bridgehead atoms. The summed E-state index contributed by atoms with van der Waals surface area (Å²) in [6, 6.07) is 16.3. The average Bonchev–Trinajstić information content (AvgIpc) is 2.55. The minimum atomic E-state index is 0.750. The minimum Gasteiger partial charge on any atom is -0.494 e. The largest absolute Gasteiger partial charge is 0.494 e. The Morgan fingerprint density at radius 3 is 2.50 bits per heavy atom. The van der Waals surface area contributed by atoms with Gasteiger partial charge in [0.1, 0.15) is 10.7 Å². The maximum atomic E-state index is 5.66. The van der Waals surface area contributed by atoms with E-state index in [9.17, 15) is 0 Å². The molecule has 0 fully saturated rings. The molecule has 0 radical (unpaired) electrons. The summed E-state index contributed by atoms with van der Waals surface area (Å²) in [7, 11) is 0. The topological polar surface area (TPSA) is 21.3 Å². The van der Waals surface area contributed by atoms with E-state index in [2.05, 4.69) is 43.4 Å². The zero-order chi connectivity index (χ0) is 15.8. The molecule has 0 amide bonds. The van der Waals surface area contributed by atoms with E-state index in [0.717, 1.165) is 42.3 Å². The zero-order valence-corrected chi connectivity index (χ0v) is 14.1. The van der Waals surface area contributed by atoms with E-state index in [4.69, 9.17) is 17.0 Å². The molecule has 0 saturated heterocycles. The monoisotopic (exact) mass is 313 g/mol. The van der Waals surface area contributed by atoms with E-state index in [0.29, 0.717) is 0 Å². The van der Waals surface area contributed by atoms with E-state index in [1.807, 2.05) is 24.3 Å². The number of benzene rings is 2. The van der Waals surface area contributed by atoms with E-state index < -0.39 is 0 Å². The summed E-state index contributed by atoms with van der Waals surface area (Å²) >= 11 is 5.46. The molecular formula is C19H23NOS. The highest BCUT2D eigenvalue weighted by molar-refractivity contribution is 7.80. The van der Waals surface area contributed by atoms with Gasteiger partial charge in [0.15, 0.2) is 0 Å². The molecule has 2 nitrogen and oxygen atoms in total. The van der Waals surface area contributed by atoms with Crippen molar-refractivity contribution in [2.45, 2.75) is 33.2 Å². The normalized spacial score (nSPS) is 10.3. The molecule has 2 rings (SSSR count). The summed E-state index contributed by atoms with van der Waals surface area (Å²) in [6.45, 7) is 5.79. The molecule has 0 aromatic heterocycles. The van der Waals surface area contributed by atoms with Crippen LogP contribution in [0, 0.1) is 6.92 Å². The van der Waals surface area contributed by atoms with Crippen LogP contribution in [0.2, 0.25) is 0 Å². The van der Waals surface area contributed by atoms with Gasteiger partial charge in [0, 0.05) is 12.1 Å². The summed E-state index contributed by atoms with van der Waals surface area (Å²) in [5.74, 6) is 0.902. The Hall–Kier alpha value is -1.87. The molecule has 0 aliphatic carbocycles. The summed E-state index contributed by atoms with van der Waals surface area (Å²) < 4.78 is 5.66. The Morgan fingerprint density at radius 2 is 1.82 bits per heavy atom. The van der Waals surface area contributed by atoms with Crippen LogP contribution in [0.15, 0.2) is 48.5 Å². The van der Waals surface area contributed by atoms with Gasteiger partial charge in [-0.1, -0.05) is 49.8 Å². The van der Waals surface area contributed by atoms with E-state index in [1.54, 1.807) is 0 Å². The summed E-state index contributed by atoms with van der Waals surface area (Å²) in [6.07, 6.45) is 2.23. The fourth-order valence-corrected chi connectivity index (χ4v) is 2.33. The summed E-state index contributed by atoms with van der Waals surface area (Å²) in [4.78, 5) is 0.767. The lowest BCUT2D eigenvalue weighted by atomic mass is 10.1. The van der Waals surface area contributed by atoms with Gasteiger partial charge < -0.3 is 10.1 Å². The Kier molecular flexibility index (Phi) is 6.41. The molecule has 1 N–H and O–H groups in total. The molecular weight excluding hydrogens is 290 g/mol. The van der Waals surface area contributed by atoms with Crippen LogP contribution in [-0.2, 0) is 6.54 Å². The molecule has 0 unspecified atom stereocenters. The first-order chi connectivity index (χ1) is 10.7. The van der Waals surface area contributed by atoms with Crippen LogP contribution in [0.5, 0.6) is 5.75 Å². The van der Waals surface area contributed by atoms with Crippen molar-refractivity contribution in [1.82, 2.24) is 5.32 Å². The molecule has 0 aliphatic heterocycles. The number of hydrogen-bond donors (Lipinski definition) is 1. The minimum absolute atomic E-state index is 0.750. The summed E-state index contributed by atoms with van der Waals surface area (Å²) in [5.41, 5.74) is 3.56. The van der Waals surface area contributed by atoms with Gasteiger partial charge in [-0.3, -0.25) is 0 Å². The molecule has 0 saturated carbocycles. The molecule has 0 spiro atoms. The number of nitrogens with one attached hydrogen (secondary N) is 1. The maximum Gasteiger partial charge on any atom is 0.119 e. The third kappa shape index (κ3) is 4.85. The standard InChI is InChI=1S/C19H23NOS/c1-3-4-13-21-18-11-9-16(10-12-18)19(22)20-14-17-8-6-5-7-15(17)2/h5-12H,3-4,13-14H2,1-2H3,(H,20,22). The van der Waals surface area contributed by atoms with Crippen molar-refractivity contribution in [3.63, 3.8) is 0 Å². The third-order valence-electron chi connectivity index (χ3n) is 3.58. The number of ether oxygens (including phenoxy) is 1. The van der Waals surface area contributed by atoms with Gasteiger partial charge in [0.2, 0.25) is 0 Å². The van der Waals surface area contributed by atoms with Crippen LogP contribution in [-0.4, -0.2) is 11.6 Å². The van der Waals surface area contributed by atoms with Crippen LogP contribution >= 0.6 is 12.2 Å².